The lowest BCUT2D eigenvalue weighted by Crippen LogP contribution is -2.11. The maximum atomic E-state index is 11.0. The Kier molecular flexibility index (Phi) is 4.20. The summed E-state index contributed by atoms with van der Waals surface area (Å²) in [4.78, 5) is 25.4. The molecule has 0 aliphatic carbocycles. The Morgan fingerprint density at radius 2 is 2.25 bits per heavy atom. The zero-order chi connectivity index (χ0) is 14.7. The number of hydrogen-bond donors (Lipinski definition) is 2. The molecule has 0 fully saturated rings. The number of aromatic nitrogens is 1. The van der Waals surface area contributed by atoms with Crippen LogP contribution in [0.1, 0.15) is 15.9 Å². The van der Waals surface area contributed by atoms with Gasteiger partial charge in [-0.25, -0.2) is 4.98 Å². The standard InChI is InChI=1S/C11H10N4O3S2/c12-10(16)6-1-2-7(8(3-6)15(17)18)5-19-9-4-14-11(13)20-9/h1-4H,5H2,(H2,12,16)(H2,13,14). The number of thioether (sulfide) groups is 1. The number of thiazole rings is 1. The average Bonchev–Trinajstić information content (AvgIpc) is 2.81. The molecule has 0 unspecified atom stereocenters. The molecule has 0 atom stereocenters. The van der Waals surface area contributed by atoms with Gasteiger partial charge >= 0.3 is 0 Å². The number of nitrogens with two attached hydrogens (primary N) is 2. The van der Waals surface area contributed by atoms with E-state index in [1.807, 2.05) is 0 Å². The van der Waals surface area contributed by atoms with Crippen molar-refractivity contribution in [2.45, 2.75) is 9.96 Å². The molecule has 2 rings (SSSR count). The van der Waals surface area contributed by atoms with Crippen LogP contribution in [0, 0.1) is 10.1 Å². The first-order valence-corrected chi connectivity index (χ1v) is 7.19. The number of amides is 1. The average molecular weight is 310 g/mol. The summed E-state index contributed by atoms with van der Waals surface area (Å²) in [5.41, 5.74) is 11.1. The maximum Gasteiger partial charge on any atom is 0.274 e. The van der Waals surface area contributed by atoms with Gasteiger partial charge in [-0.2, -0.15) is 0 Å². The molecule has 104 valence electrons. The van der Waals surface area contributed by atoms with Crippen LogP contribution >= 0.6 is 23.1 Å². The number of rotatable bonds is 5. The first-order chi connectivity index (χ1) is 9.47. The Balaban J connectivity index is 2.22. The molecule has 0 saturated heterocycles. The summed E-state index contributed by atoms with van der Waals surface area (Å²) in [6, 6.07) is 4.21. The van der Waals surface area contributed by atoms with Gasteiger partial charge in [0.2, 0.25) is 5.91 Å². The van der Waals surface area contributed by atoms with Crippen molar-refractivity contribution >= 4 is 39.8 Å². The van der Waals surface area contributed by atoms with E-state index in [1.165, 1.54) is 41.3 Å². The molecule has 0 spiro atoms. The zero-order valence-electron chi connectivity index (χ0n) is 10.1. The van der Waals surface area contributed by atoms with Gasteiger partial charge in [0.1, 0.15) is 0 Å². The fourth-order valence-corrected chi connectivity index (χ4v) is 3.25. The summed E-state index contributed by atoms with van der Waals surface area (Å²) in [6.07, 6.45) is 1.62. The van der Waals surface area contributed by atoms with Crippen molar-refractivity contribution in [1.29, 1.82) is 0 Å². The number of hydrogen-bond acceptors (Lipinski definition) is 7. The highest BCUT2D eigenvalue weighted by atomic mass is 32.2. The fourth-order valence-electron chi connectivity index (χ4n) is 1.50. The number of carbonyl (C=O) groups excluding carboxylic acids is 1. The molecule has 1 amide bonds. The van der Waals surface area contributed by atoms with Crippen LogP contribution in [0.3, 0.4) is 0 Å². The van der Waals surface area contributed by atoms with E-state index in [4.69, 9.17) is 11.5 Å². The lowest BCUT2D eigenvalue weighted by molar-refractivity contribution is -0.385. The Morgan fingerprint density at radius 3 is 2.80 bits per heavy atom. The molecule has 0 saturated carbocycles. The molecular weight excluding hydrogens is 300 g/mol. The van der Waals surface area contributed by atoms with Gasteiger partial charge in [-0.15, -0.1) is 11.8 Å². The van der Waals surface area contributed by atoms with Crippen molar-refractivity contribution in [3.8, 4) is 0 Å². The van der Waals surface area contributed by atoms with Crippen molar-refractivity contribution in [2.24, 2.45) is 5.73 Å². The molecule has 1 heterocycles. The summed E-state index contributed by atoms with van der Waals surface area (Å²) in [5, 5.41) is 11.5. The third kappa shape index (κ3) is 3.25. The SMILES string of the molecule is NC(=O)c1ccc(CSc2cnc(N)s2)c([N+](=O)[O-])c1. The van der Waals surface area contributed by atoms with E-state index in [-0.39, 0.29) is 11.3 Å². The van der Waals surface area contributed by atoms with E-state index in [0.717, 1.165) is 4.21 Å². The van der Waals surface area contributed by atoms with Crippen molar-refractivity contribution in [3.63, 3.8) is 0 Å². The number of carbonyl (C=O) groups is 1. The van der Waals surface area contributed by atoms with Crippen LogP contribution in [-0.4, -0.2) is 15.8 Å². The van der Waals surface area contributed by atoms with Crippen molar-refractivity contribution in [3.05, 3.63) is 45.6 Å². The smallest absolute Gasteiger partial charge is 0.274 e. The predicted octanol–water partition coefficient (Wildman–Crippen LogP) is 2.02. The van der Waals surface area contributed by atoms with E-state index >= 15 is 0 Å². The quantitative estimate of drug-likeness (QED) is 0.494. The monoisotopic (exact) mass is 310 g/mol. The minimum Gasteiger partial charge on any atom is -0.375 e. The number of nitro benzene ring substituents is 1. The Labute approximate surface area is 122 Å². The van der Waals surface area contributed by atoms with Gasteiger partial charge in [0.25, 0.3) is 5.69 Å². The Bertz CT molecular complexity index is 671. The lowest BCUT2D eigenvalue weighted by Gasteiger charge is -2.03. The largest absolute Gasteiger partial charge is 0.375 e. The first-order valence-electron chi connectivity index (χ1n) is 5.38. The van der Waals surface area contributed by atoms with E-state index in [1.54, 1.807) is 6.20 Å². The molecule has 0 aliphatic heterocycles. The van der Waals surface area contributed by atoms with Gasteiger partial charge < -0.3 is 11.5 Å². The normalized spacial score (nSPS) is 10.4. The van der Waals surface area contributed by atoms with Crippen LogP contribution in [0.15, 0.2) is 28.6 Å². The van der Waals surface area contributed by atoms with Crippen LogP contribution in [0.25, 0.3) is 0 Å². The number of primary amides is 1. The summed E-state index contributed by atoms with van der Waals surface area (Å²) >= 11 is 2.71. The van der Waals surface area contributed by atoms with Gasteiger partial charge in [0.15, 0.2) is 5.13 Å². The number of nitrogen functional groups attached to an aromatic ring is 1. The van der Waals surface area contributed by atoms with E-state index in [9.17, 15) is 14.9 Å². The molecule has 7 nitrogen and oxygen atoms in total. The molecule has 0 bridgehead atoms. The Hall–Kier alpha value is -2.13. The first kappa shape index (κ1) is 14.3. The van der Waals surface area contributed by atoms with Gasteiger partial charge in [0.05, 0.1) is 15.3 Å². The molecule has 1 aromatic heterocycles. The minimum absolute atomic E-state index is 0.118. The molecule has 2 aromatic rings. The second-order valence-corrected chi connectivity index (χ2v) is 6.11. The molecule has 4 N–H and O–H groups in total. The van der Waals surface area contributed by atoms with Crippen molar-refractivity contribution in [1.82, 2.24) is 4.98 Å². The van der Waals surface area contributed by atoms with Crippen LogP contribution in [0.2, 0.25) is 0 Å². The summed E-state index contributed by atoms with van der Waals surface area (Å²) in [7, 11) is 0. The van der Waals surface area contributed by atoms with Crippen molar-refractivity contribution < 1.29 is 9.72 Å². The molecular formula is C11H10N4O3S2. The topological polar surface area (TPSA) is 125 Å². The second-order valence-electron chi connectivity index (χ2n) is 3.77. The van der Waals surface area contributed by atoms with Gasteiger partial charge in [0, 0.05) is 22.9 Å². The maximum absolute atomic E-state index is 11.0. The molecule has 9 heteroatoms. The molecule has 0 aliphatic rings. The molecule has 0 radical (unpaired) electrons. The van der Waals surface area contributed by atoms with E-state index in [2.05, 4.69) is 4.98 Å². The van der Waals surface area contributed by atoms with Gasteiger partial charge in [-0.1, -0.05) is 17.4 Å². The van der Waals surface area contributed by atoms with E-state index in [0.29, 0.717) is 16.4 Å². The van der Waals surface area contributed by atoms with Gasteiger partial charge in [-0.3, -0.25) is 14.9 Å². The number of nitro groups is 1. The summed E-state index contributed by atoms with van der Waals surface area (Å²) in [6.45, 7) is 0. The third-order valence-electron chi connectivity index (χ3n) is 2.44. The number of benzene rings is 1. The summed E-state index contributed by atoms with van der Waals surface area (Å²) in [5.74, 6) is -0.306. The third-order valence-corrected chi connectivity index (χ3v) is 4.51. The summed E-state index contributed by atoms with van der Waals surface area (Å²) < 4.78 is 0.871. The highest BCUT2D eigenvalue weighted by Gasteiger charge is 2.16. The lowest BCUT2D eigenvalue weighted by atomic mass is 10.1. The highest BCUT2D eigenvalue weighted by Crippen LogP contribution is 2.32. The molecule has 20 heavy (non-hydrogen) atoms. The van der Waals surface area contributed by atoms with Crippen LogP contribution in [0.5, 0.6) is 0 Å². The predicted molar refractivity (Wildman–Crippen MR) is 77.7 cm³/mol. The fraction of sp³-hybridized carbons (Fsp3) is 0.0909. The van der Waals surface area contributed by atoms with Crippen LogP contribution in [0.4, 0.5) is 10.8 Å². The second kappa shape index (κ2) is 5.88. The van der Waals surface area contributed by atoms with E-state index < -0.39 is 10.8 Å². The highest BCUT2D eigenvalue weighted by molar-refractivity contribution is 8.00. The van der Waals surface area contributed by atoms with Crippen LogP contribution in [-0.2, 0) is 5.75 Å². The van der Waals surface area contributed by atoms with Crippen LogP contribution < -0.4 is 11.5 Å². The molecule has 1 aromatic carbocycles. The number of anilines is 1. The Morgan fingerprint density at radius 1 is 1.50 bits per heavy atom. The minimum atomic E-state index is -0.692. The number of nitrogens with zero attached hydrogens (tertiary/aromatic N) is 2. The van der Waals surface area contributed by atoms with Crippen molar-refractivity contribution in [2.75, 3.05) is 5.73 Å². The van der Waals surface area contributed by atoms with Gasteiger partial charge in [-0.05, 0) is 6.07 Å². The zero-order valence-corrected chi connectivity index (χ0v) is 11.7.